The van der Waals surface area contributed by atoms with E-state index in [-0.39, 0.29) is 16.6 Å². The van der Waals surface area contributed by atoms with Gasteiger partial charge in [-0.3, -0.25) is 0 Å². The molecule has 1 unspecified atom stereocenters. The van der Waals surface area contributed by atoms with Crippen LogP contribution in [0.5, 0.6) is 0 Å². The van der Waals surface area contributed by atoms with E-state index in [2.05, 4.69) is 13.8 Å². The van der Waals surface area contributed by atoms with Crippen LogP contribution in [-0.4, -0.2) is 6.54 Å². The summed E-state index contributed by atoms with van der Waals surface area (Å²) in [6.45, 7) is 4.82. The van der Waals surface area contributed by atoms with E-state index in [4.69, 9.17) is 5.73 Å². The summed E-state index contributed by atoms with van der Waals surface area (Å²) in [7, 11) is 0. The minimum atomic E-state index is -0.127. The number of nitrogens with two attached hydrogens (primary N) is 1. The Balaban J connectivity index is 2.46. The van der Waals surface area contributed by atoms with Crippen molar-refractivity contribution < 1.29 is 4.39 Å². The Morgan fingerprint density at radius 2 is 1.93 bits per heavy atom. The molecule has 1 aromatic carbocycles. The van der Waals surface area contributed by atoms with Crippen LogP contribution in [0.25, 0.3) is 0 Å². The average Bonchev–Trinajstić information content (AvgIpc) is 2.70. The Bertz CT molecular complexity index is 359. The summed E-state index contributed by atoms with van der Waals surface area (Å²) in [6.07, 6.45) is 0.984. The van der Waals surface area contributed by atoms with E-state index < -0.39 is 0 Å². The fraction of sp³-hybridized carbons (Fsp3) is 0.500. The Labute approximate surface area is 84.1 Å². The number of hydrogen-bond donors (Lipinski definition) is 1. The third-order valence-corrected chi connectivity index (χ3v) is 3.65. The zero-order valence-corrected chi connectivity index (χ0v) is 8.68. The van der Waals surface area contributed by atoms with E-state index in [0.717, 1.165) is 12.0 Å². The van der Waals surface area contributed by atoms with Gasteiger partial charge in [-0.2, -0.15) is 0 Å². The molecule has 1 aliphatic carbocycles. The molecule has 0 radical (unpaired) electrons. The predicted octanol–water partition coefficient (Wildman–Crippen LogP) is 2.45. The monoisotopic (exact) mass is 193 g/mol. The second-order valence-electron chi connectivity index (χ2n) is 4.83. The van der Waals surface area contributed by atoms with Crippen LogP contribution < -0.4 is 5.73 Å². The molecule has 0 amide bonds. The lowest BCUT2D eigenvalue weighted by Gasteiger charge is -2.19. The van der Waals surface area contributed by atoms with Crippen molar-refractivity contribution in [3.05, 3.63) is 35.6 Å². The topological polar surface area (TPSA) is 26.0 Å². The molecule has 1 nitrogen and oxygen atoms in total. The Hall–Kier alpha value is -0.890. The number of benzene rings is 1. The molecular formula is C12H16FN. The molecular weight excluding hydrogens is 177 g/mol. The number of rotatable bonds is 2. The van der Waals surface area contributed by atoms with E-state index in [1.54, 1.807) is 6.07 Å². The lowest BCUT2D eigenvalue weighted by atomic mass is 9.88. The van der Waals surface area contributed by atoms with Crippen molar-refractivity contribution in [3.63, 3.8) is 0 Å². The standard InChI is InChI=1S/C12H16FN/c1-11(2)7-12(11,8-14)9-5-3-4-6-10(9)13/h3-6H,7-8,14H2,1-2H3. The van der Waals surface area contributed by atoms with Gasteiger partial charge in [-0.05, 0) is 23.5 Å². The van der Waals surface area contributed by atoms with Crippen LogP contribution >= 0.6 is 0 Å². The predicted molar refractivity (Wildman–Crippen MR) is 55.5 cm³/mol. The zero-order valence-electron chi connectivity index (χ0n) is 8.68. The van der Waals surface area contributed by atoms with Crippen LogP contribution in [0.1, 0.15) is 25.8 Å². The number of hydrogen-bond acceptors (Lipinski definition) is 1. The molecule has 2 heteroatoms. The lowest BCUT2D eigenvalue weighted by Crippen LogP contribution is -2.26. The van der Waals surface area contributed by atoms with Gasteiger partial charge in [-0.25, -0.2) is 4.39 Å². The van der Waals surface area contributed by atoms with Crippen molar-refractivity contribution in [3.8, 4) is 0 Å². The Kier molecular flexibility index (Phi) is 1.93. The van der Waals surface area contributed by atoms with Crippen LogP contribution in [-0.2, 0) is 5.41 Å². The normalized spacial score (nSPS) is 28.9. The highest BCUT2D eigenvalue weighted by molar-refractivity contribution is 5.38. The third kappa shape index (κ3) is 1.10. The first kappa shape index (κ1) is 9.66. The highest BCUT2D eigenvalue weighted by Crippen LogP contribution is 2.63. The summed E-state index contributed by atoms with van der Waals surface area (Å²) in [5.74, 6) is -0.122. The Morgan fingerprint density at radius 3 is 2.36 bits per heavy atom. The van der Waals surface area contributed by atoms with Crippen LogP contribution in [0, 0.1) is 11.2 Å². The van der Waals surface area contributed by atoms with Gasteiger partial charge in [0.05, 0.1) is 0 Å². The minimum absolute atomic E-state index is 0.122. The molecule has 2 N–H and O–H groups in total. The first-order valence-corrected chi connectivity index (χ1v) is 4.99. The summed E-state index contributed by atoms with van der Waals surface area (Å²) in [4.78, 5) is 0. The molecule has 2 rings (SSSR count). The molecule has 1 saturated carbocycles. The average molecular weight is 193 g/mol. The molecule has 76 valence electrons. The summed E-state index contributed by atoms with van der Waals surface area (Å²) in [5, 5.41) is 0. The zero-order chi connectivity index (χ0) is 10.4. The van der Waals surface area contributed by atoms with E-state index in [1.165, 1.54) is 6.07 Å². The van der Waals surface area contributed by atoms with Crippen molar-refractivity contribution in [1.82, 2.24) is 0 Å². The van der Waals surface area contributed by atoms with Crippen LogP contribution in [0.4, 0.5) is 4.39 Å². The fourth-order valence-corrected chi connectivity index (χ4v) is 2.48. The largest absolute Gasteiger partial charge is 0.330 e. The van der Waals surface area contributed by atoms with E-state index in [1.807, 2.05) is 12.1 Å². The van der Waals surface area contributed by atoms with Crippen molar-refractivity contribution in [1.29, 1.82) is 0 Å². The molecule has 1 aliphatic rings. The van der Waals surface area contributed by atoms with Crippen molar-refractivity contribution in [2.24, 2.45) is 11.1 Å². The van der Waals surface area contributed by atoms with Crippen LogP contribution in [0.15, 0.2) is 24.3 Å². The third-order valence-electron chi connectivity index (χ3n) is 3.65. The molecule has 0 heterocycles. The van der Waals surface area contributed by atoms with Crippen molar-refractivity contribution in [2.45, 2.75) is 25.7 Å². The molecule has 1 aromatic rings. The van der Waals surface area contributed by atoms with Gasteiger partial charge in [0.1, 0.15) is 5.82 Å². The second kappa shape index (κ2) is 2.80. The molecule has 1 atom stereocenters. The van der Waals surface area contributed by atoms with Crippen molar-refractivity contribution in [2.75, 3.05) is 6.54 Å². The quantitative estimate of drug-likeness (QED) is 0.767. The molecule has 0 saturated heterocycles. The number of halogens is 1. The van der Waals surface area contributed by atoms with E-state index >= 15 is 0 Å². The summed E-state index contributed by atoms with van der Waals surface area (Å²) in [6, 6.07) is 6.97. The van der Waals surface area contributed by atoms with Crippen LogP contribution in [0.2, 0.25) is 0 Å². The van der Waals surface area contributed by atoms with E-state index in [0.29, 0.717) is 6.54 Å². The molecule has 14 heavy (non-hydrogen) atoms. The highest BCUT2D eigenvalue weighted by Gasteiger charge is 2.61. The maximum absolute atomic E-state index is 13.6. The first-order chi connectivity index (χ1) is 6.53. The maximum Gasteiger partial charge on any atom is 0.127 e. The summed E-state index contributed by atoms with van der Waals surface area (Å²) < 4.78 is 13.6. The highest BCUT2D eigenvalue weighted by atomic mass is 19.1. The van der Waals surface area contributed by atoms with Gasteiger partial charge in [-0.1, -0.05) is 32.0 Å². The van der Waals surface area contributed by atoms with Gasteiger partial charge >= 0.3 is 0 Å². The fourth-order valence-electron chi connectivity index (χ4n) is 2.48. The minimum Gasteiger partial charge on any atom is -0.330 e. The Morgan fingerprint density at radius 1 is 1.36 bits per heavy atom. The molecule has 0 spiro atoms. The van der Waals surface area contributed by atoms with Gasteiger partial charge in [0.15, 0.2) is 0 Å². The maximum atomic E-state index is 13.6. The van der Waals surface area contributed by atoms with Crippen LogP contribution in [0.3, 0.4) is 0 Å². The summed E-state index contributed by atoms with van der Waals surface area (Å²) >= 11 is 0. The van der Waals surface area contributed by atoms with Gasteiger partial charge < -0.3 is 5.73 Å². The van der Waals surface area contributed by atoms with Crippen molar-refractivity contribution >= 4 is 0 Å². The SMILES string of the molecule is CC1(C)CC1(CN)c1ccccc1F. The molecule has 0 aliphatic heterocycles. The summed E-state index contributed by atoms with van der Waals surface area (Å²) in [5.41, 5.74) is 6.58. The molecule has 0 bridgehead atoms. The smallest absolute Gasteiger partial charge is 0.127 e. The van der Waals surface area contributed by atoms with Gasteiger partial charge in [-0.15, -0.1) is 0 Å². The lowest BCUT2D eigenvalue weighted by molar-refractivity contribution is 0.477. The van der Waals surface area contributed by atoms with E-state index in [9.17, 15) is 4.39 Å². The van der Waals surface area contributed by atoms with Gasteiger partial charge in [0, 0.05) is 12.0 Å². The molecule has 1 fully saturated rings. The molecule has 0 aromatic heterocycles. The first-order valence-electron chi connectivity index (χ1n) is 4.99. The van der Waals surface area contributed by atoms with Gasteiger partial charge in [0.25, 0.3) is 0 Å². The van der Waals surface area contributed by atoms with Gasteiger partial charge in [0.2, 0.25) is 0 Å². The second-order valence-corrected chi connectivity index (χ2v) is 4.83.